The summed E-state index contributed by atoms with van der Waals surface area (Å²) in [7, 11) is 0. The highest BCUT2D eigenvalue weighted by Crippen LogP contribution is 1.32. The van der Waals surface area contributed by atoms with Crippen LogP contribution < -0.4 is 5.48 Å². The maximum Gasteiger partial charge on any atom is 0.215 e. The lowest BCUT2D eigenvalue weighted by Crippen LogP contribution is -2.08. The molecule has 0 saturated carbocycles. The van der Waals surface area contributed by atoms with E-state index in [0.29, 0.717) is 0 Å². The third kappa shape index (κ3) is 3.59. The van der Waals surface area contributed by atoms with Crippen molar-refractivity contribution in [3.05, 3.63) is 0 Å². The molecule has 2 N–H and O–H groups in total. The Kier molecular flexibility index (Phi) is 3.30. The summed E-state index contributed by atoms with van der Waals surface area (Å²) in [6.07, 6.45) is 1.41. The van der Waals surface area contributed by atoms with Crippen LogP contribution in [0, 0.1) is 0 Å². The van der Waals surface area contributed by atoms with Crippen LogP contribution in [0.1, 0.15) is 0 Å². The van der Waals surface area contributed by atoms with Crippen molar-refractivity contribution in [3.8, 4) is 0 Å². The van der Waals surface area contributed by atoms with Crippen molar-refractivity contribution in [2.45, 2.75) is 0 Å². The number of hydroxylamine groups is 1. The van der Waals surface area contributed by atoms with E-state index in [0.717, 1.165) is 0 Å². The van der Waals surface area contributed by atoms with Crippen molar-refractivity contribution in [3.63, 3.8) is 0 Å². The third-order valence-corrected chi connectivity index (χ3v) is 0.151. The van der Waals surface area contributed by atoms with Crippen molar-refractivity contribution >= 4 is 6.29 Å². The molecule has 0 amide bonds. The van der Waals surface area contributed by atoms with Crippen molar-refractivity contribution in [2.75, 3.05) is 6.54 Å². The molecule has 0 aromatic rings. The zero-order chi connectivity index (χ0) is 4.12. The van der Waals surface area contributed by atoms with Crippen molar-refractivity contribution < 1.29 is 10.0 Å². The summed E-state index contributed by atoms with van der Waals surface area (Å²) in [6, 6.07) is 0. The molecule has 0 aliphatic heterocycles. The maximum absolute atomic E-state index is 9.06. The van der Waals surface area contributed by atoms with E-state index in [2.05, 4.69) is 0 Å². The van der Waals surface area contributed by atoms with Gasteiger partial charge in [-0.3, -0.25) is 4.79 Å². The first kappa shape index (κ1) is 4.59. The molecule has 5 heavy (non-hydrogen) atoms. The van der Waals surface area contributed by atoms with Gasteiger partial charge in [0.05, 0.1) is 6.54 Å². The Balaban J connectivity index is 2.40. The van der Waals surface area contributed by atoms with E-state index in [1.165, 1.54) is 6.29 Å². The van der Waals surface area contributed by atoms with Gasteiger partial charge < -0.3 is 5.21 Å². The Morgan fingerprint density at radius 2 is 2.60 bits per heavy atom. The van der Waals surface area contributed by atoms with Gasteiger partial charge >= 0.3 is 0 Å². The largest absolute Gasteiger partial charge is 0.316 e. The molecule has 3 nitrogen and oxygen atoms in total. The second kappa shape index (κ2) is 3.59. The number of carbonyl (C=O) groups excluding carboxylic acids is 1. The summed E-state index contributed by atoms with van der Waals surface area (Å²) in [5.41, 5.74) is 1.59. The molecule has 0 spiro atoms. The highest BCUT2D eigenvalue weighted by Gasteiger charge is 1.67. The molecular weight excluding hydrogens is 70.0 g/mol. The van der Waals surface area contributed by atoms with E-state index < -0.39 is 0 Å². The third-order valence-electron chi connectivity index (χ3n) is 0.151. The average molecular weight is 74.1 g/mol. The molecule has 1 radical (unpaired) electrons. The van der Waals surface area contributed by atoms with Crippen molar-refractivity contribution in [2.24, 2.45) is 0 Å². The summed E-state index contributed by atoms with van der Waals surface area (Å²) < 4.78 is 0. The summed E-state index contributed by atoms with van der Waals surface area (Å²) in [4.78, 5) is 9.06. The average Bonchev–Trinajstić information content (AvgIpc) is 1.41. The Bertz CT molecular complexity index is 28.8. The predicted octanol–water partition coefficient (Wildman–Crippen LogP) is -0.925. The van der Waals surface area contributed by atoms with Crippen LogP contribution in [0.2, 0.25) is 0 Å². The Morgan fingerprint density at radius 3 is 2.60 bits per heavy atom. The first-order valence-electron chi connectivity index (χ1n) is 1.13. The van der Waals surface area contributed by atoms with Crippen molar-refractivity contribution in [1.29, 1.82) is 0 Å². The van der Waals surface area contributed by atoms with Gasteiger partial charge in [0.2, 0.25) is 6.29 Å². The van der Waals surface area contributed by atoms with Crippen LogP contribution in [0.25, 0.3) is 0 Å². The first-order valence-corrected chi connectivity index (χ1v) is 1.13. The van der Waals surface area contributed by atoms with Crippen LogP contribution in [0.4, 0.5) is 0 Å². The second-order valence-electron chi connectivity index (χ2n) is 0.479. The molecule has 0 saturated heterocycles. The van der Waals surface area contributed by atoms with Crippen LogP contribution in [0.5, 0.6) is 0 Å². The molecule has 0 fully saturated rings. The smallest absolute Gasteiger partial charge is 0.215 e. The van der Waals surface area contributed by atoms with Gasteiger partial charge in [0.1, 0.15) is 0 Å². The Hall–Kier alpha value is -0.410. The molecule has 0 aliphatic carbocycles. The Morgan fingerprint density at radius 1 is 2.00 bits per heavy atom. The summed E-state index contributed by atoms with van der Waals surface area (Å²) >= 11 is 0. The van der Waals surface area contributed by atoms with E-state index >= 15 is 0 Å². The zero-order valence-corrected chi connectivity index (χ0v) is 2.56. The highest BCUT2D eigenvalue weighted by atomic mass is 16.5. The van der Waals surface area contributed by atoms with E-state index in [9.17, 15) is 0 Å². The molecule has 0 bridgehead atoms. The molecule has 0 heterocycles. The van der Waals surface area contributed by atoms with Gasteiger partial charge in [0.25, 0.3) is 0 Å². The van der Waals surface area contributed by atoms with Crippen LogP contribution in [0.3, 0.4) is 0 Å². The second-order valence-corrected chi connectivity index (χ2v) is 0.479. The van der Waals surface area contributed by atoms with Crippen LogP contribution in [-0.2, 0) is 4.79 Å². The quantitative estimate of drug-likeness (QED) is 0.416. The van der Waals surface area contributed by atoms with Gasteiger partial charge in [-0.05, 0) is 0 Å². The van der Waals surface area contributed by atoms with Gasteiger partial charge in [-0.1, -0.05) is 0 Å². The van der Waals surface area contributed by atoms with E-state index in [1.54, 1.807) is 5.48 Å². The lowest BCUT2D eigenvalue weighted by atomic mass is 10.8. The van der Waals surface area contributed by atoms with Crippen LogP contribution in [0.15, 0.2) is 0 Å². The lowest BCUT2D eigenvalue weighted by Gasteiger charge is -1.73. The number of nitrogens with one attached hydrogen (secondary N) is 1. The van der Waals surface area contributed by atoms with Crippen LogP contribution >= 0.6 is 0 Å². The fourth-order valence-corrected chi connectivity index (χ4v) is 0.0323. The van der Waals surface area contributed by atoms with E-state index in [4.69, 9.17) is 10.0 Å². The van der Waals surface area contributed by atoms with Gasteiger partial charge in [-0.2, -0.15) is 5.48 Å². The predicted molar refractivity (Wildman–Crippen MR) is 15.5 cm³/mol. The molecule has 0 aromatic carbocycles. The van der Waals surface area contributed by atoms with Gasteiger partial charge in [0, 0.05) is 0 Å². The number of hydrogen-bond donors (Lipinski definition) is 2. The number of hydrogen-bond acceptors (Lipinski definition) is 3. The maximum atomic E-state index is 9.06. The fraction of sp³-hybridized carbons (Fsp3) is 0.500. The first-order chi connectivity index (χ1) is 2.41. The number of rotatable bonds is 2. The molecule has 0 aliphatic rings. The fourth-order valence-electron chi connectivity index (χ4n) is 0.0323. The normalized spacial score (nSPS) is 7.40. The van der Waals surface area contributed by atoms with Crippen molar-refractivity contribution in [1.82, 2.24) is 5.48 Å². The van der Waals surface area contributed by atoms with Gasteiger partial charge in [-0.25, -0.2) is 0 Å². The van der Waals surface area contributed by atoms with E-state index in [-0.39, 0.29) is 6.54 Å². The Labute approximate surface area is 29.6 Å². The summed E-state index contributed by atoms with van der Waals surface area (Å²) in [5.74, 6) is 0. The SMILES string of the molecule is O=[C]CNO. The lowest BCUT2D eigenvalue weighted by molar-refractivity contribution is 0.182. The van der Waals surface area contributed by atoms with Gasteiger partial charge in [-0.15, -0.1) is 0 Å². The molecule has 0 atom stereocenters. The zero-order valence-electron chi connectivity index (χ0n) is 2.56. The molecule has 29 valence electrons. The van der Waals surface area contributed by atoms with E-state index in [1.807, 2.05) is 0 Å². The molecule has 0 aromatic heterocycles. The highest BCUT2D eigenvalue weighted by molar-refractivity contribution is 5.52. The monoisotopic (exact) mass is 74.0 g/mol. The summed E-state index contributed by atoms with van der Waals surface area (Å²) in [5, 5.41) is 7.55. The molecular formula is C2H4NO2. The molecule has 3 heteroatoms. The molecule has 0 unspecified atom stereocenters. The standard InChI is InChI=1S/C2H4NO2/c4-2-1-3-5/h3,5H,1H2. The molecule has 0 rings (SSSR count). The summed E-state index contributed by atoms with van der Waals surface area (Å²) in [6.45, 7) is -0.111. The van der Waals surface area contributed by atoms with Gasteiger partial charge in [0.15, 0.2) is 0 Å². The minimum absolute atomic E-state index is 0.111. The van der Waals surface area contributed by atoms with Crippen LogP contribution in [-0.4, -0.2) is 18.0 Å². The minimum atomic E-state index is -0.111. The minimum Gasteiger partial charge on any atom is -0.316 e. The topological polar surface area (TPSA) is 49.3 Å².